The molecule has 1 saturated carbocycles. The number of nitrogens with one attached hydrogen (secondary N) is 1. The van der Waals surface area contributed by atoms with Gasteiger partial charge in [-0.25, -0.2) is 8.42 Å². The van der Waals surface area contributed by atoms with Crippen LogP contribution in [0.3, 0.4) is 0 Å². The molecule has 21 heavy (non-hydrogen) atoms. The minimum absolute atomic E-state index is 0.0406. The first-order chi connectivity index (χ1) is 9.99. The van der Waals surface area contributed by atoms with E-state index in [1.807, 2.05) is 0 Å². The van der Waals surface area contributed by atoms with Crippen LogP contribution in [0.2, 0.25) is 0 Å². The van der Waals surface area contributed by atoms with Gasteiger partial charge in [-0.3, -0.25) is 5.41 Å². The van der Waals surface area contributed by atoms with Gasteiger partial charge in [0.15, 0.2) is 9.84 Å². The van der Waals surface area contributed by atoms with Crippen molar-refractivity contribution in [3.05, 3.63) is 29.8 Å². The van der Waals surface area contributed by atoms with Crippen LogP contribution in [-0.4, -0.2) is 33.2 Å². The van der Waals surface area contributed by atoms with Crippen LogP contribution in [0.5, 0.6) is 0 Å². The van der Waals surface area contributed by atoms with Crippen molar-refractivity contribution in [1.29, 1.82) is 5.41 Å². The van der Waals surface area contributed by atoms with Gasteiger partial charge in [0, 0.05) is 12.2 Å². The first kappa shape index (κ1) is 16.0. The molecular weight excluding hydrogens is 288 g/mol. The quantitative estimate of drug-likeness (QED) is 0.457. The van der Waals surface area contributed by atoms with Crippen molar-refractivity contribution in [2.75, 3.05) is 19.0 Å². The number of nitrogen functional groups attached to an aromatic ring is 1. The smallest absolute Gasteiger partial charge is 0.180 e. The van der Waals surface area contributed by atoms with E-state index in [4.69, 9.17) is 15.9 Å². The van der Waals surface area contributed by atoms with Crippen LogP contribution in [0, 0.1) is 11.3 Å². The Labute approximate surface area is 125 Å². The third-order valence-corrected chi connectivity index (χ3v) is 5.51. The van der Waals surface area contributed by atoms with Crippen LogP contribution in [0.4, 0.5) is 0 Å². The van der Waals surface area contributed by atoms with E-state index in [0.717, 1.165) is 0 Å². The molecule has 3 N–H and O–H groups in total. The molecule has 5 nitrogen and oxygen atoms in total. The molecule has 1 fully saturated rings. The molecule has 0 aliphatic heterocycles. The van der Waals surface area contributed by atoms with Crippen LogP contribution in [0.25, 0.3) is 0 Å². The van der Waals surface area contributed by atoms with E-state index >= 15 is 0 Å². The van der Waals surface area contributed by atoms with Crippen molar-refractivity contribution >= 4 is 15.7 Å². The maximum absolute atomic E-state index is 12.2. The fourth-order valence-corrected chi connectivity index (χ4v) is 3.74. The van der Waals surface area contributed by atoms with Gasteiger partial charge in [-0.05, 0) is 30.9 Å². The topological polar surface area (TPSA) is 93.2 Å². The first-order valence-electron chi connectivity index (χ1n) is 7.24. The zero-order valence-corrected chi connectivity index (χ0v) is 12.9. The second kappa shape index (κ2) is 7.04. The number of sulfone groups is 1. The Morgan fingerprint density at radius 2 is 2.05 bits per heavy atom. The largest absolute Gasteiger partial charge is 0.384 e. The van der Waals surface area contributed by atoms with Crippen molar-refractivity contribution in [3.8, 4) is 0 Å². The zero-order valence-electron chi connectivity index (χ0n) is 12.0. The van der Waals surface area contributed by atoms with Crippen LogP contribution in [-0.2, 0) is 14.6 Å². The molecule has 0 saturated heterocycles. The number of hydrogen-bond donors (Lipinski definition) is 2. The molecule has 0 bridgehead atoms. The Bertz CT molecular complexity index is 593. The highest BCUT2D eigenvalue weighted by molar-refractivity contribution is 7.91. The van der Waals surface area contributed by atoms with Crippen LogP contribution >= 0.6 is 0 Å². The van der Waals surface area contributed by atoms with Crippen molar-refractivity contribution in [2.45, 2.75) is 30.6 Å². The van der Waals surface area contributed by atoms with E-state index in [0.29, 0.717) is 18.1 Å². The third-order valence-electron chi connectivity index (χ3n) is 3.83. The van der Waals surface area contributed by atoms with Crippen LogP contribution < -0.4 is 5.73 Å². The summed E-state index contributed by atoms with van der Waals surface area (Å²) in [5.41, 5.74) is 5.80. The molecule has 2 rings (SSSR count). The lowest BCUT2D eigenvalue weighted by atomic mass is 10.1. The summed E-state index contributed by atoms with van der Waals surface area (Å²) in [4.78, 5) is 0.194. The average Bonchev–Trinajstić information content (AvgIpc) is 2.97. The van der Waals surface area contributed by atoms with Crippen LogP contribution in [0.1, 0.15) is 31.2 Å². The molecule has 1 aromatic rings. The van der Waals surface area contributed by atoms with Gasteiger partial charge in [-0.1, -0.05) is 25.0 Å². The number of nitrogens with two attached hydrogens (primary N) is 1. The van der Waals surface area contributed by atoms with E-state index in [1.165, 1.54) is 37.8 Å². The Hall–Kier alpha value is -1.40. The van der Waals surface area contributed by atoms with E-state index < -0.39 is 9.84 Å². The molecule has 0 aromatic heterocycles. The highest BCUT2D eigenvalue weighted by Crippen LogP contribution is 2.24. The second-order valence-electron chi connectivity index (χ2n) is 5.49. The van der Waals surface area contributed by atoms with E-state index in [1.54, 1.807) is 12.1 Å². The summed E-state index contributed by atoms with van der Waals surface area (Å²) in [5.74, 6) is 0.416. The number of benzene rings is 1. The standard InChI is InChI=1S/C15H22N2O3S/c16-15(17)13-6-3-7-14(10-13)21(18,19)9-8-20-11-12-4-1-2-5-12/h3,6-7,10,12H,1-2,4-5,8-9,11H2,(H3,16,17). The SMILES string of the molecule is N=C(N)c1cccc(S(=O)(=O)CCOCC2CCCC2)c1. The Morgan fingerprint density at radius 3 is 2.71 bits per heavy atom. The molecule has 0 radical (unpaired) electrons. The van der Waals surface area contributed by atoms with Crippen molar-refractivity contribution in [2.24, 2.45) is 11.7 Å². The molecule has 0 atom stereocenters. The zero-order chi connectivity index (χ0) is 15.3. The fourth-order valence-electron chi connectivity index (χ4n) is 2.57. The van der Waals surface area contributed by atoms with Crippen molar-refractivity contribution < 1.29 is 13.2 Å². The van der Waals surface area contributed by atoms with Gasteiger partial charge in [0.25, 0.3) is 0 Å². The maximum Gasteiger partial charge on any atom is 0.180 e. The van der Waals surface area contributed by atoms with Gasteiger partial charge < -0.3 is 10.5 Å². The predicted octanol–water partition coefficient (Wildman–Crippen LogP) is 1.95. The molecule has 0 spiro atoms. The summed E-state index contributed by atoms with van der Waals surface area (Å²) in [6.07, 6.45) is 4.88. The summed E-state index contributed by atoms with van der Waals surface area (Å²) in [7, 11) is -3.39. The predicted molar refractivity (Wildman–Crippen MR) is 82.3 cm³/mol. The third kappa shape index (κ3) is 4.54. The van der Waals surface area contributed by atoms with Gasteiger partial charge in [0.1, 0.15) is 5.84 Å². The summed E-state index contributed by atoms with van der Waals surface area (Å²) in [6, 6.07) is 6.19. The molecule has 1 aliphatic rings. The summed E-state index contributed by atoms with van der Waals surface area (Å²) < 4.78 is 29.9. The fraction of sp³-hybridized carbons (Fsp3) is 0.533. The van der Waals surface area contributed by atoms with Gasteiger partial charge >= 0.3 is 0 Å². The van der Waals surface area contributed by atoms with E-state index in [-0.39, 0.29) is 23.1 Å². The summed E-state index contributed by atoms with van der Waals surface area (Å²) in [6.45, 7) is 0.867. The molecule has 0 amide bonds. The van der Waals surface area contributed by atoms with E-state index in [9.17, 15) is 8.42 Å². The number of rotatable bonds is 7. The number of amidine groups is 1. The van der Waals surface area contributed by atoms with Crippen LogP contribution in [0.15, 0.2) is 29.2 Å². The summed E-state index contributed by atoms with van der Waals surface area (Å²) in [5, 5.41) is 7.36. The Morgan fingerprint density at radius 1 is 1.33 bits per heavy atom. The normalized spacial score (nSPS) is 16.2. The minimum Gasteiger partial charge on any atom is -0.384 e. The lowest BCUT2D eigenvalue weighted by molar-refractivity contribution is 0.114. The van der Waals surface area contributed by atoms with Gasteiger partial charge in [-0.2, -0.15) is 0 Å². The average molecular weight is 310 g/mol. The molecule has 1 aromatic carbocycles. The highest BCUT2D eigenvalue weighted by atomic mass is 32.2. The Kier molecular flexibility index (Phi) is 5.36. The van der Waals surface area contributed by atoms with Gasteiger partial charge in [0.05, 0.1) is 17.3 Å². The lowest BCUT2D eigenvalue weighted by Gasteiger charge is -2.10. The molecule has 6 heteroatoms. The maximum atomic E-state index is 12.2. The summed E-state index contributed by atoms with van der Waals surface area (Å²) >= 11 is 0. The molecule has 1 aliphatic carbocycles. The Balaban J connectivity index is 1.88. The second-order valence-corrected chi connectivity index (χ2v) is 7.59. The molecule has 116 valence electrons. The first-order valence-corrected chi connectivity index (χ1v) is 8.89. The molecule has 0 heterocycles. The molecule has 0 unspecified atom stereocenters. The number of hydrogen-bond acceptors (Lipinski definition) is 4. The van der Waals surface area contributed by atoms with E-state index in [2.05, 4.69) is 0 Å². The lowest BCUT2D eigenvalue weighted by Crippen LogP contribution is -2.16. The van der Waals surface area contributed by atoms with Crippen molar-refractivity contribution in [1.82, 2.24) is 0 Å². The van der Waals surface area contributed by atoms with Gasteiger partial charge in [-0.15, -0.1) is 0 Å². The number of ether oxygens (including phenoxy) is 1. The van der Waals surface area contributed by atoms with Gasteiger partial charge in [0.2, 0.25) is 0 Å². The minimum atomic E-state index is -3.39. The van der Waals surface area contributed by atoms with Crippen molar-refractivity contribution in [3.63, 3.8) is 0 Å². The highest BCUT2D eigenvalue weighted by Gasteiger charge is 2.17. The monoisotopic (exact) mass is 310 g/mol. The molecular formula is C15H22N2O3S.